The molecule has 0 spiro atoms. The van der Waals surface area contributed by atoms with Gasteiger partial charge in [-0.15, -0.1) is 0 Å². The van der Waals surface area contributed by atoms with Crippen molar-refractivity contribution in [1.82, 2.24) is 0 Å². The van der Waals surface area contributed by atoms with Crippen molar-refractivity contribution in [3.8, 4) is 0 Å². The number of Topliss-reactive ketones (excluding diaryl/α,β-unsaturated/α-hetero) is 1. The molecule has 2 aliphatic carbocycles. The molecule has 0 saturated heterocycles. The number of hydrogen-bond acceptors (Lipinski definition) is 1. The first-order chi connectivity index (χ1) is 9.66. The molecule has 104 valence electrons. The molecule has 0 aliphatic heterocycles. The highest BCUT2D eigenvalue weighted by Gasteiger charge is 2.20. The minimum absolute atomic E-state index is 0. The third-order valence-electron chi connectivity index (χ3n) is 4.36. The van der Waals surface area contributed by atoms with Crippen molar-refractivity contribution in [1.29, 1.82) is 0 Å². The van der Waals surface area contributed by atoms with Crippen LogP contribution in [0.5, 0.6) is 0 Å². The van der Waals surface area contributed by atoms with Gasteiger partial charge in [-0.05, 0) is 37.7 Å². The summed E-state index contributed by atoms with van der Waals surface area (Å²) in [6.07, 6.45) is 4.38. The quantitative estimate of drug-likeness (QED) is 0.453. The van der Waals surface area contributed by atoms with E-state index in [2.05, 4.69) is 48.6 Å². The monoisotopic (exact) mass is 308 g/mol. The zero-order valence-corrected chi connectivity index (χ0v) is 16.0. The summed E-state index contributed by atoms with van der Waals surface area (Å²) in [4.78, 5) is 12.7. The lowest BCUT2D eigenvalue weighted by Gasteiger charge is -2.13. The number of carbonyl (C=O) groups excluding carboxylic acids is 1. The first kappa shape index (κ1) is 13.9. The standard InChI is InChI=1S/C17H14OSi2.H2O/c18-16-15-10(8-14(19)17(16)20)5-6-12-11-4-2-1-3-9(11)7-13(12)15;/h1-8H,19-20H3;1H2. The molecule has 2 aliphatic rings. The van der Waals surface area contributed by atoms with Crippen LogP contribution in [0.4, 0.5) is 0 Å². The molecule has 4 heteroatoms. The van der Waals surface area contributed by atoms with Crippen LogP contribution in [0.15, 0.2) is 46.8 Å². The van der Waals surface area contributed by atoms with Crippen molar-refractivity contribution in [3.63, 3.8) is 0 Å². The predicted molar refractivity (Wildman–Crippen MR) is 92.7 cm³/mol. The highest BCUT2D eigenvalue weighted by molar-refractivity contribution is 6.47. The summed E-state index contributed by atoms with van der Waals surface area (Å²) in [5.74, 6) is 0.264. The van der Waals surface area contributed by atoms with Crippen LogP contribution in [0.2, 0.25) is 0 Å². The summed E-state index contributed by atoms with van der Waals surface area (Å²) in [5, 5.41) is 7.09. The fourth-order valence-electron chi connectivity index (χ4n) is 3.13. The van der Waals surface area contributed by atoms with Gasteiger partial charge in [-0.3, -0.25) is 4.79 Å². The van der Waals surface area contributed by atoms with Crippen LogP contribution in [0.3, 0.4) is 0 Å². The van der Waals surface area contributed by atoms with Crippen molar-refractivity contribution >= 4 is 38.4 Å². The van der Waals surface area contributed by atoms with Crippen LogP contribution >= 0.6 is 0 Å². The van der Waals surface area contributed by atoms with Gasteiger partial charge in [0.05, 0.1) is 0 Å². The molecule has 2 aromatic rings. The molecule has 21 heavy (non-hydrogen) atoms. The van der Waals surface area contributed by atoms with E-state index in [-0.39, 0.29) is 11.3 Å². The van der Waals surface area contributed by atoms with E-state index in [0.717, 1.165) is 42.0 Å². The zero-order chi connectivity index (χ0) is 13.9. The Kier molecular flexibility index (Phi) is 3.17. The highest BCUT2D eigenvalue weighted by atomic mass is 28.2. The van der Waals surface area contributed by atoms with Crippen molar-refractivity contribution in [2.75, 3.05) is 0 Å². The van der Waals surface area contributed by atoms with Gasteiger partial charge in [0.15, 0.2) is 5.78 Å². The second-order valence-electron chi connectivity index (χ2n) is 5.50. The minimum Gasteiger partial charge on any atom is -0.412 e. The molecule has 0 unspecified atom stereocenters. The summed E-state index contributed by atoms with van der Waals surface area (Å²) >= 11 is 0. The molecule has 0 atom stereocenters. The Balaban J connectivity index is 0.00000132. The number of benzene rings is 2. The van der Waals surface area contributed by atoms with E-state index >= 15 is 0 Å². The van der Waals surface area contributed by atoms with E-state index in [9.17, 15) is 4.79 Å². The van der Waals surface area contributed by atoms with Gasteiger partial charge >= 0.3 is 0 Å². The molecule has 2 aromatic carbocycles. The molecule has 0 amide bonds. The molecule has 0 heterocycles. The normalized spacial score (nSPS) is 14.8. The average molecular weight is 308 g/mol. The van der Waals surface area contributed by atoms with Gasteiger partial charge in [-0.25, -0.2) is 0 Å². The zero-order valence-electron chi connectivity index (χ0n) is 12.0. The second-order valence-corrected chi connectivity index (χ2v) is 7.58. The fraction of sp³-hybridized carbons (Fsp3) is 0. The van der Waals surface area contributed by atoms with E-state index in [0.29, 0.717) is 0 Å². The van der Waals surface area contributed by atoms with Crippen LogP contribution in [0, 0.1) is 10.4 Å². The summed E-state index contributed by atoms with van der Waals surface area (Å²) in [7, 11) is 1.79. The maximum atomic E-state index is 12.7. The number of hydrogen-bond donors (Lipinski definition) is 0. The van der Waals surface area contributed by atoms with Gasteiger partial charge in [0.2, 0.25) is 0 Å². The van der Waals surface area contributed by atoms with Crippen LogP contribution in [0.1, 0.15) is 15.9 Å². The fourth-order valence-corrected chi connectivity index (χ4v) is 4.06. The Morgan fingerprint density at radius 3 is 2.38 bits per heavy atom. The molecule has 2 nitrogen and oxygen atoms in total. The Labute approximate surface area is 128 Å². The van der Waals surface area contributed by atoms with E-state index in [1.807, 2.05) is 0 Å². The van der Waals surface area contributed by atoms with Gasteiger partial charge in [-0.1, -0.05) is 47.7 Å². The third kappa shape index (κ3) is 1.84. The molecular weight excluding hydrogens is 292 g/mol. The topological polar surface area (TPSA) is 48.6 Å². The molecular formula is C17H16O2Si2. The molecule has 0 aromatic heterocycles. The van der Waals surface area contributed by atoms with Gasteiger partial charge in [0.1, 0.15) is 0 Å². The molecule has 2 N–H and O–H groups in total. The van der Waals surface area contributed by atoms with Crippen LogP contribution in [-0.4, -0.2) is 31.7 Å². The van der Waals surface area contributed by atoms with Gasteiger partial charge < -0.3 is 5.48 Å². The molecule has 0 radical (unpaired) electrons. The lowest BCUT2D eigenvalue weighted by Crippen LogP contribution is -2.24. The smallest absolute Gasteiger partial charge is 0.185 e. The number of allylic oxidation sites excluding steroid dienone is 2. The van der Waals surface area contributed by atoms with E-state index in [4.69, 9.17) is 0 Å². The van der Waals surface area contributed by atoms with Gasteiger partial charge in [0.25, 0.3) is 0 Å². The molecule has 4 rings (SSSR count). The number of carbonyl (C=O) groups is 1. The first-order valence-electron chi connectivity index (χ1n) is 6.85. The lowest BCUT2D eigenvalue weighted by molar-refractivity contribution is 0.104. The lowest BCUT2D eigenvalue weighted by atomic mass is 9.96. The molecule has 0 fully saturated rings. The van der Waals surface area contributed by atoms with Gasteiger partial charge in [-0.2, -0.15) is 0 Å². The molecule has 0 bridgehead atoms. The predicted octanol–water partition coefficient (Wildman–Crippen LogP) is -1.79. The summed E-state index contributed by atoms with van der Waals surface area (Å²) in [6, 6.07) is 12.6. The Morgan fingerprint density at radius 1 is 0.810 bits per heavy atom. The minimum atomic E-state index is 0. The van der Waals surface area contributed by atoms with Crippen LogP contribution < -0.4 is 10.4 Å². The van der Waals surface area contributed by atoms with Crippen molar-refractivity contribution in [2.45, 2.75) is 0 Å². The van der Waals surface area contributed by atoms with Gasteiger partial charge in [0, 0.05) is 26.0 Å². The summed E-state index contributed by atoms with van der Waals surface area (Å²) in [6.45, 7) is 0. The number of rotatable bonds is 0. The Hall–Kier alpha value is -2.02. The van der Waals surface area contributed by atoms with Crippen molar-refractivity contribution in [3.05, 3.63) is 78.8 Å². The van der Waals surface area contributed by atoms with E-state index in [1.54, 1.807) is 0 Å². The average Bonchev–Trinajstić information content (AvgIpc) is 2.83. The second kappa shape index (κ2) is 4.77. The first-order valence-corrected chi connectivity index (χ1v) is 8.85. The third-order valence-corrected chi connectivity index (χ3v) is 7.64. The van der Waals surface area contributed by atoms with E-state index < -0.39 is 0 Å². The maximum Gasteiger partial charge on any atom is 0.185 e. The number of fused-ring (bicyclic) bond motifs is 4. The summed E-state index contributed by atoms with van der Waals surface area (Å²) < 4.78 is 0. The largest absolute Gasteiger partial charge is 0.412 e. The van der Waals surface area contributed by atoms with Crippen molar-refractivity contribution < 1.29 is 10.3 Å². The Morgan fingerprint density at radius 2 is 1.57 bits per heavy atom. The number of ketones is 1. The Bertz CT molecular complexity index is 1030. The van der Waals surface area contributed by atoms with E-state index in [1.165, 1.54) is 20.9 Å². The maximum absolute atomic E-state index is 12.7. The highest BCUT2D eigenvalue weighted by Crippen LogP contribution is 2.19. The molecule has 0 saturated carbocycles. The summed E-state index contributed by atoms with van der Waals surface area (Å²) in [5.41, 5.74) is 2.04. The van der Waals surface area contributed by atoms with Crippen LogP contribution in [-0.2, 0) is 0 Å². The van der Waals surface area contributed by atoms with Crippen LogP contribution in [0.25, 0.3) is 12.2 Å². The van der Waals surface area contributed by atoms with Crippen molar-refractivity contribution in [2.24, 2.45) is 0 Å². The SMILES string of the molecule is O.O=C1C([SiH3])=C([SiH3])C=c2ccc3c(c21)C=c1ccccc1=3.